The highest BCUT2D eigenvalue weighted by Gasteiger charge is 2.19. The maximum Gasteiger partial charge on any atom is 0.305 e. The molecule has 0 amide bonds. The van der Waals surface area contributed by atoms with Crippen molar-refractivity contribution in [3.8, 4) is 0 Å². The number of hydrogen-bond donors (Lipinski definition) is 1. The number of ether oxygens (including phenoxy) is 1. The van der Waals surface area contributed by atoms with Gasteiger partial charge in [0.25, 0.3) is 0 Å². The summed E-state index contributed by atoms with van der Waals surface area (Å²) in [7, 11) is 0. The van der Waals surface area contributed by atoms with Gasteiger partial charge in [-0.2, -0.15) is 0 Å². The first-order chi connectivity index (χ1) is 8.53. The van der Waals surface area contributed by atoms with Gasteiger partial charge in [-0.25, -0.2) is 0 Å². The summed E-state index contributed by atoms with van der Waals surface area (Å²) in [6.07, 6.45) is 9.27. The third kappa shape index (κ3) is 6.39. The van der Waals surface area contributed by atoms with Crippen LogP contribution < -0.4 is 0 Å². The first-order valence-corrected chi connectivity index (χ1v) is 7.41. The van der Waals surface area contributed by atoms with E-state index in [0.29, 0.717) is 25.9 Å². The van der Waals surface area contributed by atoms with Gasteiger partial charge in [-0.05, 0) is 25.7 Å². The zero-order valence-electron chi connectivity index (χ0n) is 11.9. The Morgan fingerprint density at radius 2 is 2.00 bits per heavy atom. The van der Waals surface area contributed by atoms with Gasteiger partial charge >= 0.3 is 5.97 Å². The van der Waals surface area contributed by atoms with Crippen LogP contribution in [0.2, 0.25) is 0 Å². The highest BCUT2D eigenvalue weighted by atomic mass is 16.5. The van der Waals surface area contributed by atoms with Crippen molar-refractivity contribution >= 4 is 5.97 Å². The third-order valence-corrected chi connectivity index (χ3v) is 4.15. The Balaban J connectivity index is 2.06. The molecule has 1 fully saturated rings. The van der Waals surface area contributed by atoms with Gasteiger partial charge in [0.15, 0.2) is 0 Å². The molecule has 0 saturated heterocycles. The molecule has 1 unspecified atom stereocenters. The van der Waals surface area contributed by atoms with E-state index in [4.69, 9.17) is 4.74 Å². The summed E-state index contributed by atoms with van der Waals surface area (Å²) in [6, 6.07) is 0. The van der Waals surface area contributed by atoms with E-state index in [9.17, 15) is 9.90 Å². The van der Waals surface area contributed by atoms with Crippen LogP contribution in [-0.2, 0) is 9.53 Å². The molecular weight excluding hydrogens is 228 g/mol. The highest BCUT2D eigenvalue weighted by molar-refractivity contribution is 5.69. The Kier molecular flexibility index (Phi) is 6.69. The van der Waals surface area contributed by atoms with Crippen molar-refractivity contribution in [3.05, 3.63) is 0 Å². The molecule has 1 aliphatic carbocycles. The number of carbonyl (C=O) groups is 1. The first-order valence-electron chi connectivity index (χ1n) is 7.41. The molecule has 0 heterocycles. The lowest BCUT2D eigenvalue weighted by Gasteiger charge is -2.22. The van der Waals surface area contributed by atoms with Gasteiger partial charge in [0.2, 0.25) is 0 Å². The molecule has 1 saturated carbocycles. The van der Waals surface area contributed by atoms with Gasteiger partial charge < -0.3 is 9.84 Å². The van der Waals surface area contributed by atoms with E-state index in [1.807, 2.05) is 6.92 Å². The van der Waals surface area contributed by atoms with E-state index in [1.54, 1.807) is 6.92 Å². The van der Waals surface area contributed by atoms with Crippen molar-refractivity contribution in [2.24, 2.45) is 5.92 Å². The monoisotopic (exact) mass is 256 g/mol. The molecule has 0 aliphatic heterocycles. The van der Waals surface area contributed by atoms with E-state index in [1.165, 1.54) is 32.1 Å². The van der Waals surface area contributed by atoms with Crippen LogP contribution in [0, 0.1) is 5.92 Å². The van der Waals surface area contributed by atoms with E-state index in [-0.39, 0.29) is 5.97 Å². The Morgan fingerprint density at radius 1 is 1.33 bits per heavy atom. The summed E-state index contributed by atoms with van der Waals surface area (Å²) in [6.45, 7) is 4.05. The van der Waals surface area contributed by atoms with Gasteiger partial charge in [0, 0.05) is 12.8 Å². The number of aliphatic hydroxyl groups is 1. The Hall–Kier alpha value is -0.570. The molecule has 106 valence electrons. The van der Waals surface area contributed by atoms with Crippen molar-refractivity contribution < 1.29 is 14.6 Å². The number of carbonyl (C=O) groups excluding carboxylic acids is 1. The standard InChI is InChI=1S/C15H28O3/c1-3-15(2,17)11-12-18-14(16)10-9-13-7-5-4-6-8-13/h13,17H,3-12H2,1-2H3. The molecule has 3 heteroatoms. The molecule has 1 N–H and O–H groups in total. The normalized spacial score (nSPS) is 20.4. The summed E-state index contributed by atoms with van der Waals surface area (Å²) in [5.74, 6) is 0.623. The molecule has 3 nitrogen and oxygen atoms in total. The lowest BCUT2D eigenvalue weighted by molar-refractivity contribution is -0.145. The fraction of sp³-hybridized carbons (Fsp3) is 0.933. The largest absolute Gasteiger partial charge is 0.466 e. The predicted molar refractivity (Wildman–Crippen MR) is 72.3 cm³/mol. The second-order valence-electron chi connectivity index (χ2n) is 5.86. The minimum atomic E-state index is -0.705. The molecule has 0 aromatic heterocycles. The van der Waals surface area contributed by atoms with Crippen LogP contribution >= 0.6 is 0 Å². The summed E-state index contributed by atoms with van der Waals surface area (Å²) in [4.78, 5) is 11.6. The van der Waals surface area contributed by atoms with Gasteiger partial charge in [-0.1, -0.05) is 39.0 Å². The summed E-state index contributed by atoms with van der Waals surface area (Å²) < 4.78 is 5.17. The summed E-state index contributed by atoms with van der Waals surface area (Å²) in [5.41, 5.74) is -0.705. The van der Waals surface area contributed by atoms with Crippen LogP contribution in [0.15, 0.2) is 0 Å². The highest BCUT2D eigenvalue weighted by Crippen LogP contribution is 2.27. The molecule has 0 spiro atoms. The van der Waals surface area contributed by atoms with Crippen molar-refractivity contribution in [2.75, 3.05) is 6.61 Å². The lowest BCUT2D eigenvalue weighted by atomic mass is 9.86. The average Bonchev–Trinajstić information content (AvgIpc) is 2.37. The van der Waals surface area contributed by atoms with Gasteiger partial charge in [0.05, 0.1) is 12.2 Å². The van der Waals surface area contributed by atoms with Crippen LogP contribution in [0.25, 0.3) is 0 Å². The molecule has 1 aliphatic rings. The van der Waals surface area contributed by atoms with Crippen LogP contribution in [0.5, 0.6) is 0 Å². The Morgan fingerprint density at radius 3 is 2.61 bits per heavy atom. The number of rotatable bonds is 7. The van der Waals surface area contributed by atoms with Crippen LogP contribution in [-0.4, -0.2) is 23.3 Å². The van der Waals surface area contributed by atoms with Crippen molar-refractivity contribution in [1.29, 1.82) is 0 Å². The predicted octanol–water partition coefficient (Wildman–Crippen LogP) is 3.44. The van der Waals surface area contributed by atoms with E-state index in [0.717, 1.165) is 12.3 Å². The SMILES string of the molecule is CCC(C)(O)CCOC(=O)CCC1CCCCC1. The van der Waals surface area contributed by atoms with Gasteiger partial charge in [-0.15, -0.1) is 0 Å². The first kappa shape index (κ1) is 15.5. The van der Waals surface area contributed by atoms with Crippen molar-refractivity contribution in [2.45, 2.75) is 77.2 Å². The van der Waals surface area contributed by atoms with Crippen LogP contribution in [0.1, 0.15) is 71.6 Å². The molecular formula is C15H28O3. The van der Waals surface area contributed by atoms with Crippen molar-refractivity contribution in [1.82, 2.24) is 0 Å². The minimum Gasteiger partial charge on any atom is -0.466 e. The number of hydrogen-bond acceptors (Lipinski definition) is 3. The fourth-order valence-corrected chi connectivity index (χ4v) is 2.43. The fourth-order valence-electron chi connectivity index (χ4n) is 2.43. The van der Waals surface area contributed by atoms with Gasteiger partial charge in [-0.3, -0.25) is 4.79 Å². The minimum absolute atomic E-state index is 0.104. The second-order valence-corrected chi connectivity index (χ2v) is 5.86. The maximum absolute atomic E-state index is 11.6. The third-order valence-electron chi connectivity index (χ3n) is 4.15. The number of esters is 1. The quantitative estimate of drug-likeness (QED) is 0.710. The van der Waals surface area contributed by atoms with Crippen LogP contribution in [0.3, 0.4) is 0 Å². The van der Waals surface area contributed by atoms with Gasteiger partial charge in [0.1, 0.15) is 0 Å². The van der Waals surface area contributed by atoms with Crippen LogP contribution in [0.4, 0.5) is 0 Å². The molecule has 18 heavy (non-hydrogen) atoms. The Labute approximate surface area is 111 Å². The molecule has 0 bridgehead atoms. The topological polar surface area (TPSA) is 46.5 Å². The Bertz CT molecular complexity index is 242. The molecule has 1 atom stereocenters. The zero-order chi connectivity index (χ0) is 13.4. The summed E-state index contributed by atoms with van der Waals surface area (Å²) in [5, 5.41) is 9.78. The van der Waals surface area contributed by atoms with E-state index >= 15 is 0 Å². The lowest BCUT2D eigenvalue weighted by Crippen LogP contribution is -2.25. The second kappa shape index (κ2) is 7.78. The molecule has 1 rings (SSSR count). The molecule has 0 aromatic rings. The zero-order valence-corrected chi connectivity index (χ0v) is 11.9. The van der Waals surface area contributed by atoms with Crippen molar-refractivity contribution in [3.63, 3.8) is 0 Å². The molecule has 0 radical (unpaired) electrons. The maximum atomic E-state index is 11.6. The van der Waals surface area contributed by atoms with E-state index in [2.05, 4.69) is 0 Å². The smallest absolute Gasteiger partial charge is 0.305 e. The van der Waals surface area contributed by atoms with E-state index < -0.39 is 5.60 Å². The summed E-state index contributed by atoms with van der Waals surface area (Å²) >= 11 is 0. The molecule has 0 aromatic carbocycles. The average molecular weight is 256 g/mol.